The van der Waals surface area contributed by atoms with Crippen LogP contribution < -0.4 is 4.90 Å². The molecule has 0 aromatic carbocycles. The maximum absolute atomic E-state index is 5.77. The van der Waals surface area contributed by atoms with Crippen LogP contribution >= 0.6 is 0 Å². The maximum Gasteiger partial charge on any atom is 0.132 e. The van der Waals surface area contributed by atoms with E-state index in [4.69, 9.17) is 4.74 Å². The Bertz CT molecular complexity index is 548. The van der Waals surface area contributed by atoms with Crippen molar-refractivity contribution in [2.45, 2.75) is 13.0 Å². The van der Waals surface area contributed by atoms with Crippen LogP contribution in [-0.2, 0) is 4.74 Å². The monoisotopic (exact) mass is 257 g/mol. The summed E-state index contributed by atoms with van der Waals surface area (Å²) in [4.78, 5) is 18.8. The van der Waals surface area contributed by atoms with E-state index < -0.39 is 0 Å². The van der Waals surface area contributed by atoms with E-state index in [2.05, 4.69) is 24.8 Å². The van der Waals surface area contributed by atoms with Gasteiger partial charge in [0.1, 0.15) is 24.6 Å². The van der Waals surface area contributed by atoms with Gasteiger partial charge in [0, 0.05) is 24.5 Å². The van der Waals surface area contributed by atoms with E-state index in [1.807, 2.05) is 19.1 Å². The smallest absolute Gasteiger partial charge is 0.132 e. The van der Waals surface area contributed by atoms with Crippen LogP contribution in [0.25, 0.3) is 0 Å². The molecule has 0 aliphatic carbocycles. The van der Waals surface area contributed by atoms with Crippen molar-refractivity contribution in [2.24, 2.45) is 0 Å². The Balaban J connectivity index is 1.78. The Morgan fingerprint density at radius 1 is 1.26 bits per heavy atom. The number of rotatable bonds is 2. The number of hydrogen-bond donors (Lipinski definition) is 0. The molecule has 6 heteroatoms. The molecular weight excluding hydrogens is 242 g/mol. The van der Waals surface area contributed by atoms with Gasteiger partial charge in [0.05, 0.1) is 18.8 Å². The zero-order valence-corrected chi connectivity index (χ0v) is 10.7. The minimum Gasteiger partial charge on any atom is -0.368 e. The van der Waals surface area contributed by atoms with E-state index in [0.29, 0.717) is 6.61 Å². The van der Waals surface area contributed by atoms with Crippen LogP contribution in [-0.4, -0.2) is 39.6 Å². The molecule has 2 aromatic rings. The molecule has 1 unspecified atom stereocenters. The number of anilines is 1. The highest BCUT2D eigenvalue weighted by Crippen LogP contribution is 2.23. The lowest BCUT2D eigenvalue weighted by molar-refractivity contribution is 0.0366. The zero-order chi connectivity index (χ0) is 13.1. The van der Waals surface area contributed by atoms with Gasteiger partial charge in [-0.25, -0.2) is 19.9 Å². The average Bonchev–Trinajstić information content (AvgIpc) is 2.48. The largest absolute Gasteiger partial charge is 0.368 e. The normalized spacial score (nSPS) is 19.4. The summed E-state index contributed by atoms with van der Waals surface area (Å²) in [7, 11) is 0. The Labute approximate surface area is 111 Å². The summed E-state index contributed by atoms with van der Waals surface area (Å²) in [5, 5.41) is 0. The predicted molar refractivity (Wildman–Crippen MR) is 69.7 cm³/mol. The van der Waals surface area contributed by atoms with E-state index in [9.17, 15) is 0 Å². The minimum absolute atomic E-state index is 0.0352. The number of morpholine rings is 1. The fourth-order valence-corrected chi connectivity index (χ4v) is 2.14. The summed E-state index contributed by atoms with van der Waals surface area (Å²) in [6.45, 7) is 4.21. The molecule has 2 aromatic heterocycles. The van der Waals surface area contributed by atoms with Gasteiger partial charge in [0.2, 0.25) is 0 Å². The molecule has 1 fully saturated rings. The van der Waals surface area contributed by atoms with Crippen molar-refractivity contribution < 1.29 is 4.74 Å². The maximum atomic E-state index is 5.77. The third kappa shape index (κ3) is 2.68. The summed E-state index contributed by atoms with van der Waals surface area (Å²) in [6.07, 6.45) is 4.85. The lowest BCUT2D eigenvalue weighted by Gasteiger charge is -2.33. The molecule has 3 rings (SSSR count). The van der Waals surface area contributed by atoms with Gasteiger partial charge in [0.25, 0.3) is 0 Å². The third-order valence-electron chi connectivity index (χ3n) is 3.11. The van der Waals surface area contributed by atoms with E-state index in [0.717, 1.165) is 30.3 Å². The van der Waals surface area contributed by atoms with Crippen LogP contribution in [0, 0.1) is 6.92 Å². The van der Waals surface area contributed by atoms with E-state index in [1.54, 1.807) is 18.9 Å². The number of aromatic nitrogens is 4. The van der Waals surface area contributed by atoms with Crippen molar-refractivity contribution in [3.8, 4) is 0 Å². The van der Waals surface area contributed by atoms with Gasteiger partial charge >= 0.3 is 0 Å². The predicted octanol–water partition coefficient (Wildman–Crippen LogP) is 1.15. The quantitative estimate of drug-likeness (QED) is 0.804. The van der Waals surface area contributed by atoms with Crippen molar-refractivity contribution in [1.29, 1.82) is 0 Å². The van der Waals surface area contributed by atoms with Gasteiger partial charge in [-0.1, -0.05) is 0 Å². The second-order valence-electron chi connectivity index (χ2n) is 4.46. The molecule has 3 heterocycles. The third-order valence-corrected chi connectivity index (χ3v) is 3.11. The Hall–Kier alpha value is -2.08. The lowest BCUT2D eigenvalue weighted by Crippen LogP contribution is -2.39. The van der Waals surface area contributed by atoms with Gasteiger partial charge in [-0.15, -0.1) is 0 Å². The molecular formula is C13H15N5O. The molecule has 6 nitrogen and oxygen atoms in total. The van der Waals surface area contributed by atoms with Gasteiger partial charge in [0.15, 0.2) is 0 Å². The summed E-state index contributed by atoms with van der Waals surface area (Å²) >= 11 is 0. The highest BCUT2D eigenvalue weighted by molar-refractivity contribution is 5.39. The van der Waals surface area contributed by atoms with E-state index in [1.165, 1.54) is 0 Å². The van der Waals surface area contributed by atoms with Crippen LogP contribution in [0.4, 0.5) is 5.82 Å². The molecule has 0 amide bonds. The molecule has 0 bridgehead atoms. The second kappa shape index (κ2) is 5.27. The van der Waals surface area contributed by atoms with Crippen molar-refractivity contribution >= 4 is 5.82 Å². The van der Waals surface area contributed by atoms with Crippen LogP contribution in [0.15, 0.2) is 31.0 Å². The number of hydrogen-bond acceptors (Lipinski definition) is 6. The fraction of sp³-hybridized carbons (Fsp3) is 0.385. The number of nitrogens with zero attached hydrogens (tertiary/aromatic N) is 5. The van der Waals surface area contributed by atoms with Crippen molar-refractivity contribution in [3.05, 3.63) is 42.4 Å². The SMILES string of the molecule is Cc1cc(N2CCOC(c3ccncn3)C2)ncn1. The number of ether oxygens (including phenoxy) is 1. The van der Waals surface area contributed by atoms with E-state index >= 15 is 0 Å². The Morgan fingerprint density at radius 2 is 2.21 bits per heavy atom. The van der Waals surface area contributed by atoms with Crippen molar-refractivity contribution in [1.82, 2.24) is 19.9 Å². The first kappa shape index (κ1) is 12.0. The summed E-state index contributed by atoms with van der Waals surface area (Å²) < 4.78 is 5.77. The van der Waals surface area contributed by atoms with Gasteiger partial charge in [-0.3, -0.25) is 0 Å². The number of aryl methyl sites for hydroxylation is 1. The van der Waals surface area contributed by atoms with Crippen molar-refractivity contribution in [3.63, 3.8) is 0 Å². The summed E-state index contributed by atoms with van der Waals surface area (Å²) in [5.41, 5.74) is 1.88. The van der Waals surface area contributed by atoms with Gasteiger partial charge in [-0.05, 0) is 13.0 Å². The van der Waals surface area contributed by atoms with Gasteiger partial charge < -0.3 is 9.64 Å². The second-order valence-corrected chi connectivity index (χ2v) is 4.46. The molecule has 1 saturated heterocycles. The minimum atomic E-state index is -0.0352. The highest BCUT2D eigenvalue weighted by Gasteiger charge is 2.23. The molecule has 19 heavy (non-hydrogen) atoms. The molecule has 0 saturated carbocycles. The average molecular weight is 257 g/mol. The van der Waals surface area contributed by atoms with Crippen LogP contribution in [0.2, 0.25) is 0 Å². The Morgan fingerprint density at radius 3 is 3.00 bits per heavy atom. The molecule has 1 aliphatic rings. The first-order valence-electron chi connectivity index (χ1n) is 6.24. The molecule has 0 spiro atoms. The topological polar surface area (TPSA) is 64.0 Å². The molecule has 0 radical (unpaired) electrons. The van der Waals surface area contributed by atoms with Crippen LogP contribution in [0.5, 0.6) is 0 Å². The van der Waals surface area contributed by atoms with E-state index in [-0.39, 0.29) is 6.10 Å². The molecule has 98 valence electrons. The Kier molecular flexibility index (Phi) is 3.33. The molecule has 1 aliphatic heterocycles. The first-order valence-corrected chi connectivity index (χ1v) is 6.24. The van der Waals surface area contributed by atoms with Crippen molar-refractivity contribution in [2.75, 3.05) is 24.6 Å². The van der Waals surface area contributed by atoms with Gasteiger partial charge in [-0.2, -0.15) is 0 Å². The molecule has 1 atom stereocenters. The highest BCUT2D eigenvalue weighted by atomic mass is 16.5. The zero-order valence-electron chi connectivity index (χ0n) is 10.7. The fourth-order valence-electron chi connectivity index (χ4n) is 2.14. The van der Waals surface area contributed by atoms with Crippen LogP contribution in [0.1, 0.15) is 17.5 Å². The standard InChI is InChI=1S/C13H15N5O/c1-10-6-13(17-9-15-10)18-4-5-19-12(7-18)11-2-3-14-8-16-11/h2-3,6,8-9,12H,4-5,7H2,1H3. The van der Waals surface area contributed by atoms with Crippen LogP contribution in [0.3, 0.4) is 0 Å². The first-order chi connectivity index (χ1) is 9.33. The lowest BCUT2D eigenvalue weighted by atomic mass is 10.2. The summed E-state index contributed by atoms with van der Waals surface area (Å²) in [5.74, 6) is 0.940. The molecule has 0 N–H and O–H groups in total. The summed E-state index contributed by atoms with van der Waals surface area (Å²) in [6, 6.07) is 3.88.